The molecule has 7 heteroatoms. The van der Waals surface area contributed by atoms with Gasteiger partial charge in [-0.2, -0.15) is 4.73 Å². The van der Waals surface area contributed by atoms with E-state index in [4.69, 9.17) is 10.7 Å². The van der Waals surface area contributed by atoms with Gasteiger partial charge in [-0.15, -0.1) is 10.2 Å². The van der Waals surface area contributed by atoms with Gasteiger partial charge >= 0.3 is 0 Å². The van der Waals surface area contributed by atoms with E-state index >= 15 is 0 Å². The highest BCUT2D eigenvalue weighted by Gasteiger charge is 2.17. The standard InChI is InChI=1S/C27H20N6O/c28-16-18-8-10-20(11-9-18)25-22(19-5-2-1-3-6-19)15-23-24(29-25)12-14-33-26(30-31-27(23)33)21-7-4-13-32(34)17-21/h1-15,17H,16,28H2. The van der Waals surface area contributed by atoms with E-state index in [2.05, 4.69) is 40.5 Å². The van der Waals surface area contributed by atoms with E-state index in [1.54, 1.807) is 6.07 Å². The van der Waals surface area contributed by atoms with Gasteiger partial charge in [0.2, 0.25) is 0 Å². The van der Waals surface area contributed by atoms with Crippen LogP contribution in [0.15, 0.2) is 97.5 Å². The molecule has 2 N–H and O–H groups in total. The van der Waals surface area contributed by atoms with Crippen LogP contribution in [0.2, 0.25) is 0 Å². The summed E-state index contributed by atoms with van der Waals surface area (Å²) < 4.78 is 2.65. The zero-order valence-corrected chi connectivity index (χ0v) is 18.2. The predicted octanol–water partition coefficient (Wildman–Crippen LogP) is 4.37. The van der Waals surface area contributed by atoms with E-state index in [1.165, 1.54) is 12.4 Å². The van der Waals surface area contributed by atoms with E-state index in [1.807, 2.05) is 53.1 Å². The highest BCUT2D eigenvalue weighted by molar-refractivity contribution is 5.98. The Labute approximate surface area is 195 Å². The molecule has 7 nitrogen and oxygen atoms in total. The second-order valence-electron chi connectivity index (χ2n) is 8.07. The summed E-state index contributed by atoms with van der Waals surface area (Å²) in [6.45, 7) is 0.498. The maximum atomic E-state index is 11.8. The number of aromatic nitrogens is 5. The third-order valence-electron chi connectivity index (χ3n) is 5.95. The Morgan fingerprint density at radius 2 is 1.65 bits per heavy atom. The summed E-state index contributed by atoms with van der Waals surface area (Å²) in [5, 5.41) is 21.5. The number of nitrogens with two attached hydrogens (primary N) is 1. The van der Waals surface area contributed by atoms with Crippen molar-refractivity contribution in [2.45, 2.75) is 6.54 Å². The fourth-order valence-corrected chi connectivity index (χ4v) is 4.24. The fraction of sp³-hybridized carbons (Fsp3) is 0.0370. The zero-order valence-electron chi connectivity index (χ0n) is 18.2. The molecule has 0 saturated heterocycles. The number of benzene rings is 2. The SMILES string of the molecule is NCc1ccc(-c2nc3ccn4c(-c5ccc[n+]([O-])c5)nnc4c3cc2-c2ccccc2)cc1. The smallest absolute Gasteiger partial charge is 0.191 e. The maximum absolute atomic E-state index is 11.8. The minimum atomic E-state index is 0.498. The molecule has 6 aromatic rings. The van der Waals surface area contributed by atoms with Crippen molar-refractivity contribution in [3.63, 3.8) is 0 Å². The van der Waals surface area contributed by atoms with Gasteiger partial charge < -0.3 is 10.9 Å². The molecule has 0 bridgehead atoms. The second-order valence-corrected chi connectivity index (χ2v) is 8.07. The lowest BCUT2D eigenvalue weighted by atomic mass is 9.97. The molecular formula is C27H20N6O. The minimum Gasteiger partial charge on any atom is -0.619 e. The van der Waals surface area contributed by atoms with Crippen molar-refractivity contribution in [2.24, 2.45) is 5.73 Å². The number of hydrogen-bond acceptors (Lipinski definition) is 5. The molecule has 0 atom stereocenters. The van der Waals surface area contributed by atoms with Gasteiger partial charge in [0.25, 0.3) is 0 Å². The van der Waals surface area contributed by atoms with E-state index in [-0.39, 0.29) is 0 Å². The molecule has 0 spiro atoms. The van der Waals surface area contributed by atoms with Crippen molar-refractivity contribution in [3.8, 4) is 33.8 Å². The Morgan fingerprint density at radius 1 is 0.853 bits per heavy atom. The monoisotopic (exact) mass is 444 g/mol. The van der Waals surface area contributed by atoms with Crippen LogP contribution in [-0.4, -0.2) is 19.6 Å². The van der Waals surface area contributed by atoms with Crippen molar-refractivity contribution < 1.29 is 4.73 Å². The van der Waals surface area contributed by atoms with Crippen LogP contribution in [0, 0.1) is 5.21 Å². The molecule has 4 aromatic heterocycles. The quantitative estimate of drug-likeness (QED) is 0.322. The molecule has 0 aliphatic carbocycles. The van der Waals surface area contributed by atoms with Crippen molar-refractivity contribution in [1.82, 2.24) is 19.6 Å². The van der Waals surface area contributed by atoms with Crippen LogP contribution >= 0.6 is 0 Å². The lowest BCUT2D eigenvalue weighted by Crippen LogP contribution is -2.24. The number of pyridine rings is 3. The molecule has 0 radical (unpaired) electrons. The minimum absolute atomic E-state index is 0.498. The van der Waals surface area contributed by atoms with Crippen LogP contribution in [0.5, 0.6) is 0 Å². The Bertz CT molecular complexity index is 1640. The molecule has 4 heterocycles. The molecule has 0 fully saturated rings. The maximum Gasteiger partial charge on any atom is 0.191 e. The van der Waals surface area contributed by atoms with Gasteiger partial charge in [0.05, 0.1) is 16.8 Å². The topological polar surface area (TPSA) is 96.0 Å². The summed E-state index contributed by atoms with van der Waals surface area (Å²) in [4.78, 5) is 5.06. The predicted molar refractivity (Wildman–Crippen MR) is 131 cm³/mol. The van der Waals surface area contributed by atoms with Gasteiger partial charge in [-0.3, -0.25) is 4.40 Å². The molecule has 0 unspecified atom stereocenters. The summed E-state index contributed by atoms with van der Waals surface area (Å²) >= 11 is 0. The number of rotatable bonds is 4. The molecule has 34 heavy (non-hydrogen) atoms. The fourth-order valence-electron chi connectivity index (χ4n) is 4.24. The van der Waals surface area contributed by atoms with E-state index < -0.39 is 0 Å². The van der Waals surface area contributed by atoms with Crippen LogP contribution in [-0.2, 0) is 6.54 Å². The van der Waals surface area contributed by atoms with Gasteiger partial charge in [-0.05, 0) is 29.3 Å². The van der Waals surface area contributed by atoms with Gasteiger partial charge in [0.15, 0.2) is 23.9 Å². The lowest BCUT2D eigenvalue weighted by Gasteiger charge is -2.12. The van der Waals surface area contributed by atoms with Crippen molar-refractivity contribution in [2.75, 3.05) is 0 Å². The first kappa shape index (κ1) is 20.0. The van der Waals surface area contributed by atoms with E-state index in [0.717, 1.165) is 43.6 Å². The summed E-state index contributed by atoms with van der Waals surface area (Å²) in [7, 11) is 0. The first-order chi connectivity index (χ1) is 16.7. The first-order valence-corrected chi connectivity index (χ1v) is 10.9. The average molecular weight is 444 g/mol. The van der Waals surface area contributed by atoms with Gasteiger partial charge in [0.1, 0.15) is 0 Å². The summed E-state index contributed by atoms with van der Waals surface area (Å²) in [6.07, 6.45) is 4.83. The Morgan fingerprint density at radius 3 is 2.41 bits per heavy atom. The number of fused-ring (bicyclic) bond motifs is 3. The molecule has 0 amide bonds. The first-order valence-electron chi connectivity index (χ1n) is 10.9. The molecule has 164 valence electrons. The van der Waals surface area contributed by atoms with Crippen LogP contribution < -0.4 is 10.5 Å². The van der Waals surface area contributed by atoms with Crippen molar-refractivity contribution in [1.29, 1.82) is 0 Å². The Balaban J connectivity index is 1.61. The van der Waals surface area contributed by atoms with Crippen molar-refractivity contribution >= 4 is 16.6 Å². The summed E-state index contributed by atoms with van der Waals surface area (Å²) in [6, 6.07) is 26.0. The van der Waals surface area contributed by atoms with Crippen LogP contribution in [0.25, 0.3) is 50.3 Å². The highest BCUT2D eigenvalue weighted by Crippen LogP contribution is 2.35. The molecule has 2 aromatic carbocycles. The van der Waals surface area contributed by atoms with Gasteiger partial charge in [-0.25, -0.2) is 4.98 Å². The largest absolute Gasteiger partial charge is 0.619 e. The van der Waals surface area contributed by atoms with Crippen LogP contribution in [0.4, 0.5) is 0 Å². The molecule has 0 aliphatic heterocycles. The number of hydrogen-bond donors (Lipinski definition) is 1. The average Bonchev–Trinajstić information content (AvgIpc) is 3.33. The zero-order chi connectivity index (χ0) is 23.1. The molecular weight excluding hydrogens is 424 g/mol. The van der Waals surface area contributed by atoms with Gasteiger partial charge in [-0.1, -0.05) is 54.6 Å². The van der Waals surface area contributed by atoms with Crippen LogP contribution in [0.3, 0.4) is 0 Å². The number of nitrogens with zero attached hydrogens (tertiary/aromatic N) is 5. The molecule has 0 saturated carbocycles. The lowest BCUT2D eigenvalue weighted by molar-refractivity contribution is -0.604. The third kappa shape index (κ3) is 3.35. The summed E-state index contributed by atoms with van der Waals surface area (Å²) in [5.74, 6) is 0.602. The summed E-state index contributed by atoms with van der Waals surface area (Å²) in [5.41, 5.74) is 13.0. The van der Waals surface area contributed by atoms with Crippen LogP contribution in [0.1, 0.15) is 5.56 Å². The molecule has 6 rings (SSSR count). The molecule has 0 aliphatic rings. The second kappa shape index (κ2) is 8.06. The van der Waals surface area contributed by atoms with E-state index in [9.17, 15) is 5.21 Å². The van der Waals surface area contributed by atoms with Crippen molar-refractivity contribution in [3.05, 3.63) is 108 Å². The van der Waals surface area contributed by atoms with Gasteiger partial charge in [0, 0.05) is 35.3 Å². The normalized spacial score (nSPS) is 11.3. The highest BCUT2D eigenvalue weighted by atomic mass is 16.5. The third-order valence-corrected chi connectivity index (χ3v) is 5.95. The Hall–Kier alpha value is -4.62. The van der Waals surface area contributed by atoms with E-state index in [0.29, 0.717) is 23.6 Å². The Kier molecular flexibility index (Phi) is 4.75.